The van der Waals surface area contributed by atoms with Crippen LogP contribution in [0.5, 0.6) is 0 Å². The number of carbonyl (C=O) groups excluding carboxylic acids is 1. The Kier molecular flexibility index (Phi) is 2.60. The maximum absolute atomic E-state index is 12.1. The van der Waals surface area contributed by atoms with E-state index in [1.807, 2.05) is 24.3 Å². The number of hydrazine groups is 1. The Balaban J connectivity index is 1.99. The van der Waals surface area contributed by atoms with Crippen molar-refractivity contribution in [1.82, 2.24) is 5.01 Å². The van der Waals surface area contributed by atoms with Crippen LogP contribution in [0.15, 0.2) is 56.1 Å². The zero-order valence-corrected chi connectivity index (χ0v) is 9.98. The molecule has 3 rings (SSSR count). The summed E-state index contributed by atoms with van der Waals surface area (Å²) in [5.74, 6) is -0.472. The normalized spacial score (nSPS) is 15.9. The van der Waals surface area contributed by atoms with E-state index in [0.717, 1.165) is 11.3 Å². The molecule has 2 heterocycles. The average molecular weight is 255 g/mol. The fraction of sp³-hybridized carbons (Fsp3) is 0.0909. The Morgan fingerprint density at radius 3 is 2.79 bits per heavy atom. The molecule has 8 nitrogen and oxygen atoms in total. The van der Waals surface area contributed by atoms with Crippen molar-refractivity contribution in [1.29, 1.82) is 0 Å². The Labute approximate surface area is 108 Å². The molecule has 0 fully saturated rings. The first-order valence-electron chi connectivity index (χ1n) is 5.49. The highest BCUT2D eigenvalue weighted by molar-refractivity contribution is 6.24. The number of nitrogens with zero attached hydrogens (tertiary/aromatic N) is 6. The molecule has 0 aliphatic carbocycles. The lowest BCUT2D eigenvalue weighted by Crippen LogP contribution is -2.25. The lowest BCUT2D eigenvalue weighted by molar-refractivity contribution is -0.112. The second kappa shape index (κ2) is 4.41. The molecule has 1 aromatic carbocycles. The fourth-order valence-electron chi connectivity index (χ4n) is 1.81. The predicted octanol–water partition coefficient (Wildman–Crippen LogP) is 2.02. The van der Waals surface area contributed by atoms with Crippen LogP contribution in [0.1, 0.15) is 5.56 Å². The smallest absolute Gasteiger partial charge is 0.294 e. The van der Waals surface area contributed by atoms with Gasteiger partial charge in [0.25, 0.3) is 11.9 Å². The molecule has 94 valence electrons. The van der Waals surface area contributed by atoms with Crippen molar-refractivity contribution in [3.8, 4) is 0 Å². The molecule has 0 saturated carbocycles. The van der Waals surface area contributed by atoms with Crippen LogP contribution in [-0.4, -0.2) is 23.9 Å². The SMILES string of the molecule is CN1C=C(C(=O)N=C2N=NN=N2)c2ccccc2N1. The van der Waals surface area contributed by atoms with E-state index >= 15 is 0 Å². The van der Waals surface area contributed by atoms with Gasteiger partial charge >= 0.3 is 0 Å². The Hall–Kier alpha value is -2.90. The maximum atomic E-state index is 12.1. The summed E-state index contributed by atoms with van der Waals surface area (Å²) in [5.41, 5.74) is 5.19. The first-order valence-corrected chi connectivity index (χ1v) is 5.49. The van der Waals surface area contributed by atoms with Gasteiger partial charge in [-0.05, 0) is 16.5 Å². The first kappa shape index (κ1) is 11.2. The largest absolute Gasteiger partial charge is 0.299 e. The molecule has 0 spiro atoms. The van der Waals surface area contributed by atoms with Crippen LogP contribution in [0.25, 0.3) is 5.57 Å². The molecule has 1 aromatic rings. The van der Waals surface area contributed by atoms with E-state index in [-0.39, 0.29) is 5.96 Å². The lowest BCUT2D eigenvalue weighted by atomic mass is 10.0. The first-order chi connectivity index (χ1) is 9.24. The quantitative estimate of drug-likeness (QED) is 0.831. The third-order valence-electron chi connectivity index (χ3n) is 2.58. The third kappa shape index (κ3) is 2.10. The number of nitrogens with one attached hydrogen (secondary N) is 1. The van der Waals surface area contributed by atoms with Gasteiger partial charge in [-0.3, -0.25) is 15.2 Å². The van der Waals surface area contributed by atoms with Crippen LogP contribution in [0.3, 0.4) is 0 Å². The number of hydrogen-bond acceptors (Lipinski definition) is 5. The van der Waals surface area contributed by atoms with Crippen molar-refractivity contribution < 1.29 is 4.79 Å². The van der Waals surface area contributed by atoms with Crippen LogP contribution in [0.2, 0.25) is 0 Å². The number of amides is 1. The molecule has 0 atom stereocenters. The monoisotopic (exact) mass is 255 g/mol. The highest BCUT2D eigenvalue weighted by Crippen LogP contribution is 2.29. The Morgan fingerprint density at radius 1 is 1.26 bits per heavy atom. The standard InChI is InChI=1S/C11H9N7O/c1-18-6-8(7-4-2-3-5-9(7)15-18)10(19)12-11-13-16-17-14-11/h2-6,15H,1H3. The Morgan fingerprint density at radius 2 is 2.00 bits per heavy atom. The summed E-state index contributed by atoms with van der Waals surface area (Å²) in [4.78, 5) is 15.9. The van der Waals surface area contributed by atoms with Crippen LogP contribution < -0.4 is 5.43 Å². The second-order valence-corrected chi connectivity index (χ2v) is 3.91. The summed E-state index contributed by atoms with van der Waals surface area (Å²) in [6.45, 7) is 0. The van der Waals surface area contributed by atoms with Crippen LogP contribution in [0.4, 0.5) is 5.69 Å². The predicted molar refractivity (Wildman–Crippen MR) is 68.0 cm³/mol. The maximum Gasteiger partial charge on any atom is 0.294 e. The van der Waals surface area contributed by atoms with Crippen molar-refractivity contribution in [3.63, 3.8) is 0 Å². The molecule has 8 heteroatoms. The van der Waals surface area contributed by atoms with E-state index in [0.29, 0.717) is 5.57 Å². The van der Waals surface area contributed by atoms with Gasteiger partial charge in [-0.25, -0.2) is 0 Å². The van der Waals surface area contributed by atoms with Crippen LogP contribution >= 0.6 is 0 Å². The molecule has 0 saturated heterocycles. The van der Waals surface area contributed by atoms with E-state index < -0.39 is 5.91 Å². The van der Waals surface area contributed by atoms with Crippen molar-refractivity contribution in [2.24, 2.45) is 25.7 Å². The summed E-state index contributed by atoms with van der Waals surface area (Å²) >= 11 is 0. The lowest BCUT2D eigenvalue weighted by Gasteiger charge is -2.25. The molecule has 2 aliphatic heterocycles. The molecule has 0 aromatic heterocycles. The molecule has 2 aliphatic rings. The number of aliphatic imine (C=N–C) groups is 1. The minimum atomic E-state index is -0.435. The fourth-order valence-corrected chi connectivity index (χ4v) is 1.81. The van der Waals surface area contributed by atoms with Gasteiger partial charge < -0.3 is 0 Å². The van der Waals surface area contributed by atoms with Gasteiger partial charge in [-0.2, -0.15) is 4.99 Å². The molecule has 19 heavy (non-hydrogen) atoms. The number of guanidine groups is 1. The van der Waals surface area contributed by atoms with Crippen molar-refractivity contribution in [2.75, 3.05) is 12.5 Å². The zero-order chi connectivity index (χ0) is 13.2. The second-order valence-electron chi connectivity index (χ2n) is 3.91. The van der Waals surface area contributed by atoms with E-state index in [2.05, 4.69) is 31.1 Å². The highest BCUT2D eigenvalue weighted by Gasteiger charge is 2.21. The minimum Gasteiger partial charge on any atom is -0.299 e. The van der Waals surface area contributed by atoms with Gasteiger partial charge in [0.1, 0.15) is 0 Å². The molecular weight excluding hydrogens is 246 g/mol. The summed E-state index contributed by atoms with van der Waals surface area (Å²) in [6, 6.07) is 7.47. The van der Waals surface area contributed by atoms with Gasteiger partial charge in [-0.1, -0.05) is 28.4 Å². The van der Waals surface area contributed by atoms with Gasteiger partial charge in [-0.15, -0.1) is 0 Å². The molecule has 0 radical (unpaired) electrons. The Bertz CT molecular complexity index is 645. The van der Waals surface area contributed by atoms with Crippen molar-refractivity contribution in [3.05, 3.63) is 36.0 Å². The number of rotatable bonds is 1. The van der Waals surface area contributed by atoms with Crippen molar-refractivity contribution in [2.45, 2.75) is 0 Å². The van der Waals surface area contributed by atoms with Crippen LogP contribution in [0, 0.1) is 0 Å². The summed E-state index contributed by atoms with van der Waals surface area (Å²) < 4.78 is 0. The average Bonchev–Trinajstić information content (AvgIpc) is 2.90. The summed E-state index contributed by atoms with van der Waals surface area (Å²) in [5, 5.41) is 15.3. The summed E-state index contributed by atoms with van der Waals surface area (Å²) in [7, 11) is 1.80. The number of anilines is 1. The molecule has 1 N–H and O–H groups in total. The number of benzene rings is 1. The molecule has 0 unspecified atom stereocenters. The summed E-state index contributed by atoms with van der Waals surface area (Å²) in [6.07, 6.45) is 1.66. The minimum absolute atomic E-state index is 0.0374. The topological polar surface area (TPSA) is 94.1 Å². The molecular formula is C11H9N7O. The van der Waals surface area contributed by atoms with Crippen LogP contribution in [-0.2, 0) is 4.79 Å². The van der Waals surface area contributed by atoms with E-state index in [1.54, 1.807) is 18.3 Å². The van der Waals surface area contributed by atoms with E-state index in [9.17, 15) is 4.79 Å². The molecule has 0 bridgehead atoms. The number of carbonyl (C=O) groups is 1. The van der Waals surface area contributed by atoms with Crippen molar-refractivity contribution >= 4 is 23.1 Å². The molecule has 1 amide bonds. The number of hydrogen-bond donors (Lipinski definition) is 1. The van der Waals surface area contributed by atoms with Gasteiger partial charge in [0, 0.05) is 18.8 Å². The number of fused-ring (bicyclic) bond motifs is 1. The number of para-hydroxylation sites is 1. The zero-order valence-electron chi connectivity index (χ0n) is 9.98. The van der Waals surface area contributed by atoms with E-state index in [4.69, 9.17) is 0 Å². The van der Waals surface area contributed by atoms with E-state index in [1.165, 1.54) is 0 Å². The van der Waals surface area contributed by atoms with Gasteiger partial charge in [0.05, 0.1) is 11.3 Å². The third-order valence-corrected chi connectivity index (χ3v) is 2.58. The highest BCUT2D eigenvalue weighted by atomic mass is 16.1. The van der Waals surface area contributed by atoms with Gasteiger partial charge in [0.15, 0.2) is 0 Å². The van der Waals surface area contributed by atoms with Gasteiger partial charge in [0.2, 0.25) is 0 Å².